The van der Waals surface area contributed by atoms with Gasteiger partial charge in [-0.25, -0.2) is 4.98 Å². The summed E-state index contributed by atoms with van der Waals surface area (Å²) >= 11 is 2.86. The molecule has 0 radical (unpaired) electrons. The summed E-state index contributed by atoms with van der Waals surface area (Å²) in [5.41, 5.74) is 0.700. The van der Waals surface area contributed by atoms with Crippen LogP contribution in [0, 0.1) is 0 Å². The normalized spacial score (nSPS) is 15.0. The van der Waals surface area contributed by atoms with Gasteiger partial charge in [0.1, 0.15) is 0 Å². The summed E-state index contributed by atoms with van der Waals surface area (Å²) in [6.45, 7) is 5.27. The molecule has 10 heteroatoms. The number of nitrogens with one attached hydrogen (secondary N) is 1. The third-order valence-corrected chi connectivity index (χ3v) is 6.62. The molecule has 2 amide bonds. The minimum absolute atomic E-state index is 0.0279. The molecule has 1 fully saturated rings. The number of carbonyl (C=O) groups excluding carboxylic acids is 2. The number of carbonyl (C=O) groups is 2. The largest absolute Gasteiger partial charge is 0.351 e. The topological polar surface area (TPSA) is 87.0 Å². The van der Waals surface area contributed by atoms with Gasteiger partial charge in [0, 0.05) is 62.2 Å². The molecule has 3 aromatic heterocycles. The van der Waals surface area contributed by atoms with Crippen LogP contribution in [0.2, 0.25) is 0 Å². The van der Waals surface area contributed by atoms with Crippen molar-refractivity contribution in [1.82, 2.24) is 24.5 Å². The number of hydrogen-bond acceptors (Lipinski definition) is 7. The SMILES string of the molecule is CC(=O)NCc1ccc(C(=O)N2CCN(Cc3cc(=O)n4ccsc4n3)CC2)s1. The van der Waals surface area contributed by atoms with Gasteiger partial charge in [-0.3, -0.25) is 23.7 Å². The number of amides is 2. The monoisotopic (exact) mass is 431 g/mol. The van der Waals surface area contributed by atoms with Crippen LogP contribution >= 0.6 is 22.7 Å². The number of piperazine rings is 1. The van der Waals surface area contributed by atoms with Crippen molar-refractivity contribution in [2.24, 2.45) is 0 Å². The van der Waals surface area contributed by atoms with E-state index in [1.165, 1.54) is 29.6 Å². The standard InChI is InChI=1S/C19H21N5O3S2/c1-13(25)20-11-15-2-3-16(29-15)18(27)23-6-4-22(5-7-23)12-14-10-17(26)24-8-9-28-19(24)21-14/h2-3,8-10H,4-7,11-12H2,1H3,(H,20,25). The van der Waals surface area contributed by atoms with Gasteiger partial charge in [-0.15, -0.1) is 22.7 Å². The van der Waals surface area contributed by atoms with Gasteiger partial charge >= 0.3 is 0 Å². The lowest BCUT2D eigenvalue weighted by molar-refractivity contribution is -0.119. The highest BCUT2D eigenvalue weighted by Gasteiger charge is 2.23. The van der Waals surface area contributed by atoms with E-state index in [2.05, 4.69) is 15.2 Å². The second kappa shape index (κ2) is 8.44. The molecule has 1 saturated heterocycles. The predicted octanol–water partition coefficient (Wildman–Crippen LogP) is 1.41. The van der Waals surface area contributed by atoms with E-state index < -0.39 is 0 Å². The van der Waals surface area contributed by atoms with Crippen LogP contribution in [0.3, 0.4) is 0 Å². The van der Waals surface area contributed by atoms with Gasteiger partial charge in [0.2, 0.25) is 5.91 Å². The van der Waals surface area contributed by atoms with Crippen molar-refractivity contribution in [2.75, 3.05) is 26.2 Å². The molecule has 8 nitrogen and oxygen atoms in total. The lowest BCUT2D eigenvalue weighted by Gasteiger charge is -2.34. The molecule has 0 aliphatic carbocycles. The van der Waals surface area contributed by atoms with Gasteiger partial charge in [0.15, 0.2) is 4.96 Å². The molecule has 0 bridgehead atoms. The number of hydrogen-bond donors (Lipinski definition) is 1. The summed E-state index contributed by atoms with van der Waals surface area (Å²) in [4.78, 5) is 46.9. The molecule has 1 N–H and O–H groups in total. The minimum atomic E-state index is -0.0854. The molecule has 0 unspecified atom stereocenters. The highest BCUT2D eigenvalue weighted by molar-refractivity contribution is 7.15. The molecule has 29 heavy (non-hydrogen) atoms. The Hall–Kier alpha value is -2.56. The second-order valence-electron chi connectivity index (χ2n) is 6.89. The number of nitrogens with zero attached hydrogens (tertiary/aromatic N) is 4. The van der Waals surface area contributed by atoms with Crippen LogP contribution in [-0.4, -0.2) is 57.2 Å². The van der Waals surface area contributed by atoms with Crippen LogP contribution in [0.15, 0.2) is 34.6 Å². The first-order valence-corrected chi connectivity index (χ1v) is 11.0. The van der Waals surface area contributed by atoms with Crippen molar-refractivity contribution >= 4 is 39.4 Å². The van der Waals surface area contributed by atoms with Gasteiger partial charge in [0.05, 0.1) is 17.1 Å². The van der Waals surface area contributed by atoms with E-state index in [-0.39, 0.29) is 17.4 Å². The van der Waals surface area contributed by atoms with E-state index >= 15 is 0 Å². The number of aromatic nitrogens is 2. The molecule has 1 aliphatic rings. The van der Waals surface area contributed by atoms with E-state index in [0.29, 0.717) is 36.0 Å². The van der Waals surface area contributed by atoms with Crippen molar-refractivity contribution < 1.29 is 9.59 Å². The fourth-order valence-corrected chi connectivity index (χ4v) is 4.92. The van der Waals surface area contributed by atoms with Crippen LogP contribution in [-0.2, 0) is 17.9 Å². The summed E-state index contributed by atoms with van der Waals surface area (Å²) in [5.74, 6) is -0.0575. The Kier molecular flexibility index (Phi) is 5.74. The Labute approximate surface area is 175 Å². The van der Waals surface area contributed by atoms with Gasteiger partial charge in [-0.1, -0.05) is 0 Å². The van der Waals surface area contributed by atoms with Gasteiger partial charge in [-0.2, -0.15) is 0 Å². The molecule has 1 aliphatic heterocycles. The third kappa shape index (κ3) is 4.55. The van der Waals surface area contributed by atoms with Crippen LogP contribution in [0.25, 0.3) is 4.96 Å². The number of fused-ring (bicyclic) bond motifs is 1. The molecule has 0 spiro atoms. The van der Waals surface area contributed by atoms with Crippen LogP contribution in [0.1, 0.15) is 27.2 Å². The Morgan fingerprint density at radius 2 is 2.00 bits per heavy atom. The van der Waals surface area contributed by atoms with Crippen LogP contribution in [0.4, 0.5) is 0 Å². The maximum atomic E-state index is 12.8. The molecular weight excluding hydrogens is 410 g/mol. The highest BCUT2D eigenvalue weighted by atomic mass is 32.1. The maximum Gasteiger partial charge on any atom is 0.264 e. The van der Waals surface area contributed by atoms with E-state index in [1.807, 2.05) is 22.4 Å². The minimum Gasteiger partial charge on any atom is -0.351 e. The smallest absolute Gasteiger partial charge is 0.264 e. The summed E-state index contributed by atoms with van der Waals surface area (Å²) in [7, 11) is 0. The molecule has 152 valence electrons. The highest BCUT2D eigenvalue weighted by Crippen LogP contribution is 2.19. The van der Waals surface area contributed by atoms with Crippen molar-refractivity contribution in [3.05, 3.63) is 55.6 Å². The fourth-order valence-electron chi connectivity index (χ4n) is 3.26. The fraction of sp³-hybridized carbons (Fsp3) is 0.368. The Balaban J connectivity index is 1.33. The van der Waals surface area contributed by atoms with E-state index in [4.69, 9.17) is 0 Å². The van der Waals surface area contributed by atoms with E-state index in [1.54, 1.807) is 16.7 Å². The molecule has 3 aromatic rings. The first kappa shape index (κ1) is 19.7. The summed E-state index contributed by atoms with van der Waals surface area (Å²) in [6, 6.07) is 5.29. The van der Waals surface area contributed by atoms with Crippen molar-refractivity contribution in [3.8, 4) is 0 Å². The van der Waals surface area contributed by atoms with E-state index in [0.717, 1.165) is 23.7 Å². The van der Waals surface area contributed by atoms with E-state index in [9.17, 15) is 14.4 Å². The van der Waals surface area contributed by atoms with Crippen LogP contribution < -0.4 is 10.9 Å². The van der Waals surface area contributed by atoms with Crippen molar-refractivity contribution in [1.29, 1.82) is 0 Å². The third-order valence-electron chi connectivity index (χ3n) is 4.79. The molecular formula is C19H21N5O3S2. The number of rotatable bonds is 5. The molecule has 4 rings (SSSR count). The summed E-state index contributed by atoms with van der Waals surface area (Å²) in [6.07, 6.45) is 1.73. The number of thiophene rings is 1. The maximum absolute atomic E-state index is 12.8. The second-order valence-corrected chi connectivity index (χ2v) is 8.93. The zero-order valence-corrected chi connectivity index (χ0v) is 17.6. The Morgan fingerprint density at radius 1 is 1.21 bits per heavy atom. The molecule has 4 heterocycles. The lowest BCUT2D eigenvalue weighted by Crippen LogP contribution is -2.48. The van der Waals surface area contributed by atoms with Gasteiger partial charge < -0.3 is 10.2 Å². The first-order chi connectivity index (χ1) is 14.0. The van der Waals surface area contributed by atoms with Crippen LogP contribution in [0.5, 0.6) is 0 Å². The van der Waals surface area contributed by atoms with Crippen molar-refractivity contribution in [3.63, 3.8) is 0 Å². The average Bonchev–Trinajstić information content (AvgIpc) is 3.36. The summed E-state index contributed by atoms with van der Waals surface area (Å²) < 4.78 is 1.55. The number of thiazole rings is 1. The molecule has 0 saturated carbocycles. The summed E-state index contributed by atoms with van der Waals surface area (Å²) in [5, 5.41) is 4.60. The molecule has 0 atom stereocenters. The predicted molar refractivity (Wildman–Crippen MR) is 112 cm³/mol. The zero-order valence-electron chi connectivity index (χ0n) is 16.0. The lowest BCUT2D eigenvalue weighted by atomic mass is 10.2. The quantitative estimate of drug-likeness (QED) is 0.660. The molecule has 0 aromatic carbocycles. The average molecular weight is 432 g/mol. The van der Waals surface area contributed by atoms with Gasteiger partial charge in [0.25, 0.3) is 11.5 Å². The Morgan fingerprint density at radius 3 is 2.76 bits per heavy atom. The first-order valence-electron chi connectivity index (χ1n) is 9.30. The Bertz CT molecular complexity index is 1090. The van der Waals surface area contributed by atoms with Gasteiger partial charge in [-0.05, 0) is 12.1 Å². The van der Waals surface area contributed by atoms with Crippen molar-refractivity contribution in [2.45, 2.75) is 20.0 Å². The zero-order chi connectivity index (χ0) is 20.4.